The SMILES string of the molecule is O=C1CNN[C@]2(CO)O[C@H](O[C@H]3[C@H](O)[C@@H](O)[C@H](O)O[C@@H]3CO)[C@H](O)[C@H](O)[C@@]2(O)O1. The van der Waals surface area contributed by atoms with Gasteiger partial charge in [-0.15, -0.1) is 0 Å². The number of hydrazine groups is 1. The molecule has 15 nitrogen and oxygen atoms in total. The van der Waals surface area contributed by atoms with Gasteiger partial charge in [0.25, 0.3) is 5.79 Å². The molecule has 0 unspecified atom stereocenters. The largest absolute Gasteiger partial charge is 0.424 e. The van der Waals surface area contributed by atoms with Crippen molar-refractivity contribution in [3.05, 3.63) is 0 Å². The molecule has 0 spiro atoms. The van der Waals surface area contributed by atoms with E-state index in [0.29, 0.717) is 0 Å². The molecule has 0 saturated carbocycles. The number of carbonyl (C=O) groups excluding carboxylic acids is 1. The second-order valence-corrected chi connectivity index (χ2v) is 6.89. The quantitative estimate of drug-likeness (QED) is 0.187. The first-order valence-electron chi connectivity index (χ1n) is 8.65. The van der Waals surface area contributed by atoms with Gasteiger partial charge in [0, 0.05) is 0 Å². The molecule has 0 radical (unpaired) electrons. The fraction of sp³-hybridized carbons (Fsp3) is 0.929. The fourth-order valence-electron chi connectivity index (χ4n) is 3.39. The van der Waals surface area contributed by atoms with Crippen LogP contribution in [0.25, 0.3) is 0 Å². The Balaban J connectivity index is 1.88. The number of hydrogen-bond acceptors (Lipinski definition) is 15. The van der Waals surface area contributed by atoms with Crippen LogP contribution in [0, 0.1) is 0 Å². The van der Waals surface area contributed by atoms with E-state index in [1.54, 1.807) is 0 Å². The van der Waals surface area contributed by atoms with Crippen LogP contribution in [0.15, 0.2) is 0 Å². The molecular formula is C14H24N2O13. The molecule has 3 rings (SSSR count). The molecule has 10 N–H and O–H groups in total. The fourth-order valence-corrected chi connectivity index (χ4v) is 3.39. The number of esters is 1. The average Bonchev–Trinajstić information content (AvgIpc) is 2.82. The number of ether oxygens (including phenoxy) is 4. The van der Waals surface area contributed by atoms with Crippen LogP contribution in [-0.4, -0.2) is 127 Å². The summed E-state index contributed by atoms with van der Waals surface area (Å²) >= 11 is 0. The highest BCUT2D eigenvalue weighted by Gasteiger charge is 2.68. The zero-order valence-electron chi connectivity index (χ0n) is 14.9. The third-order valence-corrected chi connectivity index (χ3v) is 5.04. The van der Waals surface area contributed by atoms with Crippen molar-refractivity contribution in [2.75, 3.05) is 19.8 Å². The summed E-state index contributed by atoms with van der Waals surface area (Å²) in [5.41, 5.74) is 2.17. The molecule has 3 saturated heterocycles. The summed E-state index contributed by atoms with van der Waals surface area (Å²) in [7, 11) is 0. The number of hydrogen-bond donors (Lipinski definition) is 10. The Morgan fingerprint density at radius 1 is 1.10 bits per heavy atom. The van der Waals surface area contributed by atoms with Gasteiger partial charge in [0.1, 0.15) is 37.1 Å². The third kappa shape index (κ3) is 3.63. The van der Waals surface area contributed by atoms with Crippen LogP contribution in [0.2, 0.25) is 0 Å². The Morgan fingerprint density at radius 2 is 1.79 bits per heavy atom. The van der Waals surface area contributed by atoms with Crippen molar-refractivity contribution in [3.63, 3.8) is 0 Å². The van der Waals surface area contributed by atoms with Crippen molar-refractivity contribution in [2.45, 2.75) is 60.7 Å². The van der Waals surface area contributed by atoms with E-state index in [1.807, 2.05) is 0 Å². The van der Waals surface area contributed by atoms with Gasteiger partial charge in [-0.05, 0) is 0 Å². The highest BCUT2D eigenvalue weighted by molar-refractivity contribution is 5.72. The van der Waals surface area contributed by atoms with Gasteiger partial charge in [0.2, 0.25) is 5.72 Å². The van der Waals surface area contributed by atoms with Gasteiger partial charge in [0.05, 0.1) is 13.2 Å². The van der Waals surface area contributed by atoms with Gasteiger partial charge < -0.3 is 59.8 Å². The molecular weight excluding hydrogens is 404 g/mol. The summed E-state index contributed by atoms with van der Waals surface area (Å²) < 4.78 is 20.4. The maximum absolute atomic E-state index is 11.7. The average molecular weight is 428 g/mol. The third-order valence-electron chi connectivity index (χ3n) is 5.04. The first-order chi connectivity index (χ1) is 13.6. The van der Waals surface area contributed by atoms with E-state index in [4.69, 9.17) is 18.9 Å². The van der Waals surface area contributed by atoms with Crippen LogP contribution in [-0.2, 0) is 23.7 Å². The summed E-state index contributed by atoms with van der Waals surface area (Å²) in [5.74, 6) is -3.99. The van der Waals surface area contributed by atoms with Crippen LogP contribution in [0.1, 0.15) is 0 Å². The van der Waals surface area contributed by atoms with Crippen molar-refractivity contribution in [1.29, 1.82) is 0 Å². The maximum atomic E-state index is 11.7. The number of carbonyl (C=O) groups is 1. The van der Waals surface area contributed by atoms with Gasteiger partial charge in [-0.25, -0.2) is 10.9 Å². The minimum Gasteiger partial charge on any atom is -0.424 e. The molecule has 10 atom stereocenters. The van der Waals surface area contributed by atoms with Gasteiger partial charge in [-0.3, -0.25) is 4.79 Å². The summed E-state index contributed by atoms with van der Waals surface area (Å²) in [6.45, 7) is -2.36. The lowest BCUT2D eigenvalue weighted by molar-refractivity contribution is -0.440. The van der Waals surface area contributed by atoms with Crippen molar-refractivity contribution in [1.82, 2.24) is 10.9 Å². The molecule has 29 heavy (non-hydrogen) atoms. The summed E-state index contributed by atoms with van der Waals surface area (Å²) in [6.07, 6.45) is -14.7. The van der Waals surface area contributed by atoms with Gasteiger partial charge >= 0.3 is 5.97 Å². The second kappa shape index (κ2) is 8.23. The molecule has 3 heterocycles. The monoisotopic (exact) mass is 428 g/mol. The lowest BCUT2D eigenvalue weighted by atomic mass is 9.89. The van der Waals surface area contributed by atoms with E-state index in [0.717, 1.165) is 0 Å². The van der Waals surface area contributed by atoms with Crippen molar-refractivity contribution in [2.24, 2.45) is 0 Å². The maximum Gasteiger partial charge on any atom is 0.324 e. The van der Waals surface area contributed by atoms with Crippen LogP contribution in [0.3, 0.4) is 0 Å². The molecule has 15 heteroatoms. The molecule has 0 aromatic heterocycles. The van der Waals surface area contributed by atoms with E-state index in [-0.39, 0.29) is 0 Å². The number of fused-ring (bicyclic) bond motifs is 1. The Bertz CT molecular complexity index is 610. The van der Waals surface area contributed by atoms with Gasteiger partial charge in [-0.1, -0.05) is 0 Å². The molecule has 3 fully saturated rings. The highest BCUT2D eigenvalue weighted by atomic mass is 16.8. The highest BCUT2D eigenvalue weighted by Crippen LogP contribution is 2.39. The van der Waals surface area contributed by atoms with E-state index in [1.165, 1.54) is 0 Å². The van der Waals surface area contributed by atoms with Crippen molar-refractivity contribution < 1.29 is 64.6 Å². The van der Waals surface area contributed by atoms with Crippen LogP contribution in [0.5, 0.6) is 0 Å². The van der Waals surface area contributed by atoms with Crippen molar-refractivity contribution in [3.8, 4) is 0 Å². The van der Waals surface area contributed by atoms with Crippen LogP contribution in [0.4, 0.5) is 0 Å². The standard InChI is InChI=1S/C14H24N2O13/c17-2-4-9(6(20)7(21)11(24)26-4)27-12-8(22)10(23)14(25)13(3-18,29-12)16-15-1-5(19)28-14/h4,6-12,15-18,20-25H,1-3H2/t4-,6-,7-,8-,9-,10+,11-,12+,13-,14-/m1/s1. The predicted molar refractivity (Wildman–Crippen MR) is 83.7 cm³/mol. The van der Waals surface area contributed by atoms with E-state index in [2.05, 4.69) is 10.9 Å². The first-order valence-corrected chi connectivity index (χ1v) is 8.65. The molecule has 3 aliphatic heterocycles. The van der Waals surface area contributed by atoms with E-state index < -0.39 is 86.4 Å². The predicted octanol–water partition coefficient (Wildman–Crippen LogP) is -7.09. The summed E-state index contributed by atoms with van der Waals surface area (Å²) in [5, 5.41) is 80.1. The van der Waals surface area contributed by atoms with Crippen LogP contribution < -0.4 is 10.9 Å². The number of aliphatic hydroxyl groups is 8. The molecule has 0 aliphatic carbocycles. The Morgan fingerprint density at radius 3 is 2.41 bits per heavy atom. The molecule has 0 aromatic carbocycles. The lowest BCUT2D eigenvalue weighted by Crippen LogP contribution is -2.80. The number of rotatable bonds is 4. The molecule has 0 amide bonds. The van der Waals surface area contributed by atoms with Gasteiger partial charge in [-0.2, -0.15) is 0 Å². The normalized spacial score (nSPS) is 51.1. The van der Waals surface area contributed by atoms with Crippen molar-refractivity contribution >= 4 is 5.97 Å². The molecule has 168 valence electrons. The minimum atomic E-state index is -2.95. The topological polar surface area (TPSA) is 240 Å². The minimum absolute atomic E-state index is 0.492. The number of nitrogens with one attached hydrogen (secondary N) is 2. The second-order valence-electron chi connectivity index (χ2n) is 6.89. The summed E-state index contributed by atoms with van der Waals surface area (Å²) in [4.78, 5) is 11.7. The van der Waals surface area contributed by atoms with Crippen LogP contribution >= 0.6 is 0 Å². The molecule has 0 bridgehead atoms. The zero-order valence-corrected chi connectivity index (χ0v) is 14.9. The van der Waals surface area contributed by atoms with Gasteiger partial charge in [0.15, 0.2) is 18.7 Å². The Hall–Kier alpha value is -1.05. The molecule has 0 aromatic rings. The smallest absolute Gasteiger partial charge is 0.324 e. The lowest BCUT2D eigenvalue weighted by Gasteiger charge is -2.53. The Kier molecular flexibility index (Phi) is 6.42. The first kappa shape index (κ1) is 22.6. The Labute approximate surface area is 163 Å². The van der Waals surface area contributed by atoms with E-state index in [9.17, 15) is 45.6 Å². The summed E-state index contributed by atoms with van der Waals surface area (Å²) in [6, 6.07) is 0. The zero-order chi connectivity index (χ0) is 21.6. The molecule has 3 aliphatic rings. The number of aliphatic hydroxyl groups excluding tert-OH is 7. The van der Waals surface area contributed by atoms with E-state index >= 15 is 0 Å².